The summed E-state index contributed by atoms with van der Waals surface area (Å²) in [4.78, 5) is 12.6. The van der Waals surface area contributed by atoms with Crippen LogP contribution in [0.3, 0.4) is 0 Å². The van der Waals surface area contributed by atoms with Crippen LogP contribution in [-0.4, -0.2) is 20.1 Å². The lowest BCUT2D eigenvalue weighted by Gasteiger charge is -2.13. The molecule has 6 heteroatoms. The summed E-state index contributed by atoms with van der Waals surface area (Å²) in [5, 5.41) is 3.45. The number of hydrogen-bond donors (Lipinski definition) is 1. The SMILES string of the molecule is COc1cccc(OCc2cc(C(=O)Nc3ccc(Cl)cc3)ccc2OC)c1. The van der Waals surface area contributed by atoms with E-state index in [0.717, 1.165) is 5.56 Å². The molecule has 1 amide bonds. The van der Waals surface area contributed by atoms with E-state index in [-0.39, 0.29) is 12.5 Å². The molecule has 0 heterocycles. The van der Waals surface area contributed by atoms with E-state index < -0.39 is 0 Å². The summed E-state index contributed by atoms with van der Waals surface area (Å²) in [5.41, 5.74) is 1.92. The highest BCUT2D eigenvalue weighted by Crippen LogP contribution is 2.25. The molecule has 0 unspecified atom stereocenters. The van der Waals surface area contributed by atoms with Gasteiger partial charge in [0, 0.05) is 27.9 Å². The maximum atomic E-state index is 12.6. The second kappa shape index (κ2) is 9.15. The number of carbonyl (C=O) groups is 1. The lowest BCUT2D eigenvalue weighted by molar-refractivity contribution is 0.102. The number of ether oxygens (including phenoxy) is 3. The van der Waals surface area contributed by atoms with Gasteiger partial charge in [0.25, 0.3) is 5.91 Å². The number of benzene rings is 3. The molecule has 0 aliphatic rings. The van der Waals surface area contributed by atoms with Gasteiger partial charge in [0.2, 0.25) is 0 Å². The number of halogens is 1. The van der Waals surface area contributed by atoms with Gasteiger partial charge in [-0.05, 0) is 54.6 Å². The van der Waals surface area contributed by atoms with Crippen molar-refractivity contribution in [1.82, 2.24) is 0 Å². The third-order valence-electron chi connectivity index (χ3n) is 4.08. The first-order valence-corrected chi connectivity index (χ1v) is 8.97. The summed E-state index contributed by atoms with van der Waals surface area (Å²) in [6.45, 7) is 0.248. The molecule has 3 rings (SSSR count). The van der Waals surface area contributed by atoms with Gasteiger partial charge in [0.15, 0.2) is 0 Å². The number of hydrogen-bond acceptors (Lipinski definition) is 4. The van der Waals surface area contributed by atoms with Crippen LogP contribution in [0.25, 0.3) is 0 Å². The first kappa shape index (κ1) is 19.6. The minimum Gasteiger partial charge on any atom is -0.497 e. The van der Waals surface area contributed by atoms with Crippen LogP contribution >= 0.6 is 11.6 Å². The van der Waals surface area contributed by atoms with Crippen molar-refractivity contribution in [3.63, 3.8) is 0 Å². The molecule has 0 radical (unpaired) electrons. The van der Waals surface area contributed by atoms with E-state index in [1.807, 2.05) is 18.2 Å². The number of methoxy groups -OCH3 is 2. The smallest absolute Gasteiger partial charge is 0.255 e. The highest BCUT2D eigenvalue weighted by Gasteiger charge is 2.12. The van der Waals surface area contributed by atoms with Crippen LogP contribution in [0.1, 0.15) is 15.9 Å². The van der Waals surface area contributed by atoms with Crippen molar-refractivity contribution in [1.29, 1.82) is 0 Å². The van der Waals surface area contributed by atoms with Crippen molar-refractivity contribution in [3.05, 3.63) is 82.9 Å². The van der Waals surface area contributed by atoms with Crippen LogP contribution in [0.15, 0.2) is 66.7 Å². The van der Waals surface area contributed by atoms with Gasteiger partial charge in [0.05, 0.1) is 14.2 Å². The number of amides is 1. The Bertz CT molecular complexity index is 957. The zero-order valence-electron chi connectivity index (χ0n) is 15.6. The third-order valence-corrected chi connectivity index (χ3v) is 4.33. The molecule has 3 aromatic carbocycles. The second-order valence-corrected chi connectivity index (χ2v) is 6.39. The van der Waals surface area contributed by atoms with E-state index in [2.05, 4.69) is 5.32 Å². The van der Waals surface area contributed by atoms with E-state index in [1.165, 1.54) is 0 Å². The van der Waals surface area contributed by atoms with E-state index >= 15 is 0 Å². The first-order chi connectivity index (χ1) is 13.6. The molecule has 0 aliphatic heterocycles. The van der Waals surface area contributed by atoms with Gasteiger partial charge < -0.3 is 19.5 Å². The average molecular weight is 398 g/mol. The Morgan fingerprint density at radius 2 is 1.68 bits per heavy atom. The molecule has 28 heavy (non-hydrogen) atoms. The molecule has 0 saturated carbocycles. The van der Waals surface area contributed by atoms with Gasteiger partial charge in [-0.2, -0.15) is 0 Å². The average Bonchev–Trinajstić information content (AvgIpc) is 2.73. The Labute approximate surface area is 168 Å². The molecule has 3 aromatic rings. The van der Waals surface area contributed by atoms with Crippen molar-refractivity contribution < 1.29 is 19.0 Å². The predicted octanol–water partition coefficient (Wildman–Crippen LogP) is 5.19. The number of anilines is 1. The zero-order chi connectivity index (χ0) is 19.9. The molecular weight excluding hydrogens is 378 g/mol. The highest BCUT2D eigenvalue weighted by atomic mass is 35.5. The molecule has 144 valence electrons. The highest BCUT2D eigenvalue weighted by molar-refractivity contribution is 6.30. The number of carbonyl (C=O) groups excluding carboxylic acids is 1. The largest absolute Gasteiger partial charge is 0.497 e. The minimum absolute atomic E-state index is 0.229. The van der Waals surface area contributed by atoms with Gasteiger partial charge in [-0.15, -0.1) is 0 Å². The van der Waals surface area contributed by atoms with E-state index in [1.54, 1.807) is 62.8 Å². The molecule has 0 spiro atoms. The van der Waals surface area contributed by atoms with Crippen LogP contribution in [0.4, 0.5) is 5.69 Å². The predicted molar refractivity (Wildman–Crippen MR) is 110 cm³/mol. The van der Waals surface area contributed by atoms with E-state index in [9.17, 15) is 4.79 Å². The van der Waals surface area contributed by atoms with Gasteiger partial charge in [-0.25, -0.2) is 0 Å². The molecular formula is C22H20ClNO4. The Kier molecular flexibility index (Phi) is 6.40. The lowest BCUT2D eigenvalue weighted by Crippen LogP contribution is -2.12. The van der Waals surface area contributed by atoms with E-state index in [0.29, 0.717) is 33.5 Å². The van der Waals surface area contributed by atoms with Crippen LogP contribution in [0, 0.1) is 0 Å². The van der Waals surface area contributed by atoms with Crippen molar-refractivity contribution in [2.75, 3.05) is 19.5 Å². The summed E-state index contributed by atoms with van der Waals surface area (Å²) < 4.78 is 16.4. The van der Waals surface area contributed by atoms with Gasteiger partial charge in [-0.3, -0.25) is 4.79 Å². The fourth-order valence-electron chi connectivity index (χ4n) is 2.62. The zero-order valence-corrected chi connectivity index (χ0v) is 16.3. The van der Waals surface area contributed by atoms with Crippen molar-refractivity contribution in [2.24, 2.45) is 0 Å². The number of rotatable bonds is 7. The molecule has 0 fully saturated rings. The topological polar surface area (TPSA) is 56.8 Å². The molecule has 1 N–H and O–H groups in total. The van der Waals surface area contributed by atoms with Crippen LogP contribution in [-0.2, 0) is 6.61 Å². The maximum Gasteiger partial charge on any atom is 0.255 e. The number of nitrogens with one attached hydrogen (secondary N) is 1. The molecule has 0 bridgehead atoms. The van der Waals surface area contributed by atoms with Gasteiger partial charge >= 0.3 is 0 Å². The maximum absolute atomic E-state index is 12.6. The third kappa shape index (κ3) is 4.96. The van der Waals surface area contributed by atoms with E-state index in [4.69, 9.17) is 25.8 Å². The second-order valence-electron chi connectivity index (χ2n) is 5.96. The molecule has 0 aromatic heterocycles. The summed E-state index contributed by atoms with van der Waals surface area (Å²) in [6, 6.07) is 19.5. The monoisotopic (exact) mass is 397 g/mol. The van der Waals surface area contributed by atoms with Gasteiger partial charge in [0.1, 0.15) is 23.9 Å². The Hall–Kier alpha value is -3.18. The fourth-order valence-corrected chi connectivity index (χ4v) is 2.75. The first-order valence-electron chi connectivity index (χ1n) is 8.59. The summed E-state index contributed by atoms with van der Waals surface area (Å²) >= 11 is 5.88. The summed E-state index contributed by atoms with van der Waals surface area (Å²) in [5.74, 6) is 1.79. The van der Waals surface area contributed by atoms with Crippen LogP contribution < -0.4 is 19.5 Å². The fraction of sp³-hybridized carbons (Fsp3) is 0.136. The van der Waals surface area contributed by atoms with Crippen LogP contribution in [0.5, 0.6) is 17.2 Å². The summed E-state index contributed by atoms with van der Waals surface area (Å²) in [6.07, 6.45) is 0. The van der Waals surface area contributed by atoms with Crippen molar-refractivity contribution >= 4 is 23.2 Å². The molecule has 0 saturated heterocycles. The normalized spacial score (nSPS) is 10.2. The van der Waals surface area contributed by atoms with Crippen LogP contribution in [0.2, 0.25) is 5.02 Å². The Morgan fingerprint density at radius 1 is 0.929 bits per heavy atom. The quantitative estimate of drug-likeness (QED) is 0.596. The summed E-state index contributed by atoms with van der Waals surface area (Å²) in [7, 11) is 3.18. The lowest BCUT2D eigenvalue weighted by atomic mass is 10.1. The molecule has 0 aliphatic carbocycles. The molecule has 5 nitrogen and oxygen atoms in total. The standard InChI is InChI=1S/C22H20ClNO4/c1-26-19-4-3-5-20(13-19)28-14-16-12-15(6-11-21(16)27-2)22(25)24-18-9-7-17(23)8-10-18/h3-13H,14H2,1-2H3,(H,24,25). The van der Waals surface area contributed by atoms with Crippen molar-refractivity contribution in [2.45, 2.75) is 6.61 Å². The Balaban J connectivity index is 1.75. The Morgan fingerprint density at radius 3 is 2.39 bits per heavy atom. The van der Waals surface area contributed by atoms with Gasteiger partial charge in [-0.1, -0.05) is 17.7 Å². The molecule has 0 atom stereocenters. The van der Waals surface area contributed by atoms with Crippen molar-refractivity contribution in [3.8, 4) is 17.2 Å². The minimum atomic E-state index is -0.229.